The number of anilines is 1. The van der Waals surface area contributed by atoms with E-state index in [1.54, 1.807) is 0 Å². The van der Waals surface area contributed by atoms with Gasteiger partial charge in [-0.1, -0.05) is 6.92 Å². The number of pyridine rings is 1. The van der Waals surface area contributed by atoms with Gasteiger partial charge in [0.15, 0.2) is 0 Å². The van der Waals surface area contributed by atoms with Gasteiger partial charge in [-0.05, 0) is 51.2 Å². The molecule has 2 heterocycles. The minimum atomic E-state index is 0.623. The summed E-state index contributed by atoms with van der Waals surface area (Å²) in [6.07, 6.45) is 1.99. The Kier molecular flexibility index (Phi) is 4.42. The van der Waals surface area contributed by atoms with Crippen LogP contribution in [-0.2, 0) is 6.54 Å². The molecule has 1 fully saturated rings. The zero-order valence-corrected chi connectivity index (χ0v) is 12.8. The summed E-state index contributed by atoms with van der Waals surface area (Å²) in [5, 5.41) is 3.17. The van der Waals surface area contributed by atoms with Crippen molar-refractivity contribution >= 4 is 5.82 Å². The SMILES string of the molecule is CNCc1cnc(N2CC(C)C(N(C)C)C2)c(C)c1. The van der Waals surface area contributed by atoms with E-state index in [9.17, 15) is 0 Å². The van der Waals surface area contributed by atoms with Gasteiger partial charge in [-0.15, -0.1) is 0 Å². The number of hydrogen-bond donors (Lipinski definition) is 1. The Morgan fingerprint density at radius 1 is 1.42 bits per heavy atom. The minimum absolute atomic E-state index is 0.623. The predicted molar refractivity (Wildman–Crippen MR) is 80.6 cm³/mol. The number of aryl methyl sites for hydroxylation is 1. The van der Waals surface area contributed by atoms with Gasteiger partial charge in [-0.25, -0.2) is 4.98 Å². The van der Waals surface area contributed by atoms with E-state index in [1.807, 2.05) is 13.2 Å². The average molecular weight is 262 g/mol. The van der Waals surface area contributed by atoms with Gasteiger partial charge < -0.3 is 15.1 Å². The third kappa shape index (κ3) is 3.07. The Balaban J connectivity index is 2.15. The van der Waals surface area contributed by atoms with E-state index in [1.165, 1.54) is 11.1 Å². The fraction of sp³-hybridized carbons (Fsp3) is 0.667. The molecule has 0 aromatic carbocycles. The number of nitrogens with one attached hydrogen (secondary N) is 1. The lowest BCUT2D eigenvalue weighted by atomic mass is 10.1. The third-order valence-corrected chi connectivity index (χ3v) is 4.02. The lowest BCUT2D eigenvalue weighted by molar-refractivity contribution is 0.266. The van der Waals surface area contributed by atoms with Crippen molar-refractivity contribution in [1.82, 2.24) is 15.2 Å². The van der Waals surface area contributed by atoms with Gasteiger partial charge >= 0.3 is 0 Å². The molecular weight excluding hydrogens is 236 g/mol. The smallest absolute Gasteiger partial charge is 0.131 e. The Bertz CT molecular complexity index is 430. The highest BCUT2D eigenvalue weighted by atomic mass is 15.3. The maximum atomic E-state index is 4.67. The zero-order valence-electron chi connectivity index (χ0n) is 12.8. The molecule has 0 saturated carbocycles. The normalized spacial score (nSPS) is 23.4. The first-order chi connectivity index (χ1) is 9.02. The highest BCUT2D eigenvalue weighted by Crippen LogP contribution is 2.27. The highest BCUT2D eigenvalue weighted by Gasteiger charge is 2.32. The summed E-state index contributed by atoms with van der Waals surface area (Å²) >= 11 is 0. The molecule has 2 atom stereocenters. The van der Waals surface area contributed by atoms with Crippen LogP contribution in [0.5, 0.6) is 0 Å². The first-order valence-electron chi connectivity index (χ1n) is 7.04. The van der Waals surface area contributed by atoms with E-state index in [4.69, 9.17) is 0 Å². The van der Waals surface area contributed by atoms with Gasteiger partial charge in [0.25, 0.3) is 0 Å². The van der Waals surface area contributed by atoms with E-state index in [2.05, 4.69) is 54.1 Å². The van der Waals surface area contributed by atoms with Crippen LogP contribution in [-0.4, -0.2) is 50.2 Å². The predicted octanol–water partition coefficient (Wildman–Crippen LogP) is 1.50. The Hall–Kier alpha value is -1.13. The van der Waals surface area contributed by atoms with Gasteiger partial charge in [0.2, 0.25) is 0 Å². The number of likely N-dealkylation sites (N-methyl/N-ethyl adjacent to an activating group) is 1. The molecule has 1 saturated heterocycles. The molecule has 1 aromatic rings. The maximum absolute atomic E-state index is 4.67. The third-order valence-electron chi connectivity index (χ3n) is 4.02. The van der Waals surface area contributed by atoms with Gasteiger partial charge in [0.1, 0.15) is 5.82 Å². The van der Waals surface area contributed by atoms with Crippen LogP contribution in [0.1, 0.15) is 18.1 Å². The van der Waals surface area contributed by atoms with Crippen molar-refractivity contribution in [1.29, 1.82) is 0 Å². The van der Waals surface area contributed by atoms with E-state index < -0.39 is 0 Å². The maximum Gasteiger partial charge on any atom is 0.131 e. The van der Waals surface area contributed by atoms with Crippen LogP contribution in [0.4, 0.5) is 5.82 Å². The van der Waals surface area contributed by atoms with Crippen LogP contribution < -0.4 is 10.2 Å². The van der Waals surface area contributed by atoms with Crippen molar-refractivity contribution in [3.05, 3.63) is 23.4 Å². The second kappa shape index (κ2) is 5.88. The molecule has 0 spiro atoms. The first-order valence-corrected chi connectivity index (χ1v) is 7.04. The molecule has 1 aromatic heterocycles. The van der Waals surface area contributed by atoms with Gasteiger partial charge in [-0.2, -0.15) is 0 Å². The standard InChI is InChI=1S/C15H26N4/c1-11-6-13(7-16-3)8-17-15(11)19-9-12(2)14(10-19)18(4)5/h6,8,12,14,16H,7,9-10H2,1-5H3. The van der Waals surface area contributed by atoms with Gasteiger partial charge in [-0.3, -0.25) is 0 Å². The summed E-state index contributed by atoms with van der Waals surface area (Å²) in [4.78, 5) is 9.43. The molecule has 4 nitrogen and oxygen atoms in total. The second-order valence-corrected chi connectivity index (χ2v) is 5.93. The van der Waals surface area contributed by atoms with Gasteiger partial charge in [0, 0.05) is 31.9 Å². The summed E-state index contributed by atoms with van der Waals surface area (Å²) in [6, 6.07) is 2.87. The van der Waals surface area contributed by atoms with E-state index >= 15 is 0 Å². The monoisotopic (exact) mass is 262 g/mol. The van der Waals surface area contributed by atoms with Crippen molar-refractivity contribution in [2.45, 2.75) is 26.4 Å². The topological polar surface area (TPSA) is 31.4 Å². The van der Waals surface area contributed by atoms with Crippen LogP contribution in [0.15, 0.2) is 12.3 Å². The number of aromatic nitrogens is 1. The molecule has 2 unspecified atom stereocenters. The quantitative estimate of drug-likeness (QED) is 0.891. The molecule has 106 valence electrons. The van der Waals surface area contributed by atoms with Crippen LogP contribution in [0.25, 0.3) is 0 Å². The summed E-state index contributed by atoms with van der Waals surface area (Å²) in [5.41, 5.74) is 2.53. The molecule has 1 N–H and O–H groups in total. The highest BCUT2D eigenvalue weighted by molar-refractivity contribution is 5.48. The summed E-state index contributed by atoms with van der Waals surface area (Å²) in [5.74, 6) is 1.84. The first kappa shape index (κ1) is 14.3. The molecule has 19 heavy (non-hydrogen) atoms. The molecule has 0 aliphatic carbocycles. The van der Waals surface area contributed by atoms with Crippen molar-refractivity contribution in [3.63, 3.8) is 0 Å². The Labute approximate surface area is 116 Å². The number of rotatable bonds is 4. The zero-order chi connectivity index (χ0) is 14.0. The van der Waals surface area contributed by atoms with Crippen LogP contribution in [0, 0.1) is 12.8 Å². The molecular formula is C15H26N4. The van der Waals surface area contributed by atoms with Crippen molar-refractivity contribution < 1.29 is 0 Å². The van der Waals surface area contributed by atoms with Crippen molar-refractivity contribution in [3.8, 4) is 0 Å². The fourth-order valence-corrected chi connectivity index (χ4v) is 3.05. The molecule has 4 heteroatoms. The summed E-state index contributed by atoms with van der Waals surface area (Å²) in [6.45, 7) is 7.55. The van der Waals surface area contributed by atoms with E-state index in [0.717, 1.165) is 25.5 Å². The summed E-state index contributed by atoms with van der Waals surface area (Å²) < 4.78 is 0. The number of hydrogen-bond acceptors (Lipinski definition) is 4. The van der Waals surface area contributed by atoms with Crippen molar-refractivity contribution in [2.24, 2.45) is 5.92 Å². The van der Waals surface area contributed by atoms with E-state index in [-0.39, 0.29) is 0 Å². The van der Waals surface area contributed by atoms with Crippen LogP contribution >= 0.6 is 0 Å². The lowest BCUT2D eigenvalue weighted by Crippen LogP contribution is -2.34. The molecule has 0 bridgehead atoms. The Morgan fingerprint density at radius 3 is 2.68 bits per heavy atom. The second-order valence-electron chi connectivity index (χ2n) is 5.93. The Morgan fingerprint density at radius 2 is 2.16 bits per heavy atom. The summed E-state index contributed by atoms with van der Waals surface area (Å²) in [7, 11) is 6.30. The van der Waals surface area contributed by atoms with Crippen molar-refractivity contribution in [2.75, 3.05) is 39.1 Å². The molecule has 0 amide bonds. The molecule has 2 rings (SSSR count). The average Bonchev–Trinajstić information content (AvgIpc) is 2.72. The van der Waals surface area contributed by atoms with Crippen LogP contribution in [0.3, 0.4) is 0 Å². The van der Waals surface area contributed by atoms with Crippen LogP contribution in [0.2, 0.25) is 0 Å². The molecule has 0 radical (unpaired) electrons. The molecule has 1 aliphatic rings. The number of nitrogens with zero attached hydrogens (tertiary/aromatic N) is 3. The lowest BCUT2D eigenvalue weighted by Gasteiger charge is -2.23. The fourth-order valence-electron chi connectivity index (χ4n) is 3.05. The molecule has 1 aliphatic heterocycles. The van der Waals surface area contributed by atoms with Gasteiger partial charge in [0.05, 0.1) is 0 Å². The minimum Gasteiger partial charge on any atom is -0.354 e. The van der Waals surface area contributed by atoms with E-state index in [0.29, 0.717) is 12.0 Å². The largest absolute Gasteiger partial charge is 0.354 e.